The van der Waals surface area contributed by atoms with Crippen molar-refractivity contribution in [3.63, 3.8) is 0 Å². The summed E-state index contributed by atoms with van der Waals surface area (Å²) in [6.07, 6.45) is 3.48. The van der Waals surface area contributed by atoms with E-state index in [1.54, 1.807) is 0 Å². The lowest BCUT2D eigenvalue weighted by molar-refractivity contribution is -0.202. The first-order valence-electron chi connectivity index (χ1n) is 22.9. The third kappa shape index (κ3) is 14.5. The molecule has 66 heavy (non-hydrogen) atoms. The Morgan fingerprint density at radius 2 is 1.26 bits per heavy atom. The molecule has 0 unspecified atom stereocenters. The number of carbonyl (C=O) groups is 7. The molecule has 0 aliphatic heterocycles. The molecule has 0 heterocycles. The molecule has 0 saturated heterocycles. The van der Waals surface area contributed by atoms with Gasteiger partial charge in [-0.3, -0.25) is 52.8 Å². The molecule has 4 saturated carbocycles. The monoisotopic (exact) mass is 961 g/mol. The van der Waals surface area contributed by atoms with Gasteiger partial charge in [-0.1, -0.05) is 20.8 Å². The van der Waals surface area contributed by atoms with Crippen molar-refractivity contribution in [2.45, 2.75) is 116 Å². The summed E-state index contributed by atoms with van der Waals surface area (Å²) in [5.74, 6) is -7.76. The van der Waals surface area contributed by atoms with Gasteiger partial charge in [-0.15, -0.1) is 0 Å². The Morgan fingerprint density at radius 3 is 1.77 bits per heavy atom. The standard InChI is InChI=1S/C43H71N5O17S/c1-25(4-8-34(51)44-12-17-66(63,64)65)28-5-6-29-40-30(20-33(50)43(28,29)3)42(2)11-10-27(18-26(42)19-32(40)49)45-35(52)9-7-31(41(61)62)48(15-13-46(21-36(53)54)22-37(55)56)16-14-47(23-38(57)58)24-39(59)60/h25-33,40,49-50H,4-24H2,1-3H3,(H,44,51)(H,45,52)(H,53,54)(H,55,56)(H,57,58)(H,59,60)(H,61,62)(H,63,64,65)/t25-,26+,27+,28-,29+,30+,31+,32-,33+,40+,42+,43-/m1/s1. The van der Waals surface area contributed by atoms with E-state index < -0.39 is 101 Å². The third-order valence-electron chi connectivity index (χ3n) is 15.6. The largest absolute Gasteiger partial charge is 0.480 e. The van der Waals surface area contributed by atoms with E-state index in [2.05, 4.69) is 31.4 Å². The van der Waals surface area contributed by atoms with Gasteiger partial charge in [-0.25, -0.2) is 0 Å². The molecular formula is C43H71N5O17S. The van der Waals surface area contributed by atoms with E-state index in [-0.39, 0.29) is 105 Å². The number of aliphatic hydroxyl groups is 2. The van der Waals surface area contributed by atoms with Crippen molar-refractivity contribution >= 4 is 51.8 Å². The van der Waals surface area contributed by atoms with Gasteiger partial charge in [-0.05, 0) is 104 Å². The van der Waals surface area contributed by atoms with Crippen LogP contribution in [0.5, 0.6) is 0 Å². The molecule has 12 atom stereocenters. The van der Waals surface area contributed by atoms with E-state index in [0.29, 0.717) is 32.1 Å². The molecule has 0 aromatic rings. The number of carboxylic acid groups (broad SMARTS) is 5. The number of carboxylic acids is 5. The van der Waals surface area contributed by atoms with Crippen LogP contribution in [0.15, 0.2) is 0 Å². The topological polar surface area (TPSA) is 349 Å². The molecule has 4 fully saturated rings. The number of hydrogen-bond acceptors (Lipinski definition) is 14. The maximum absolute atomic E-state index is 13.5. The molecule has 23 heteroatoms. The van der Waals surface area contributed by atoms with Crippen LogP contribution >= 0.6 is 0 Å². The highest BCUT2D eigenvalue weighted by Crippen LogP contribution is 2.68. The fourth-order valence-corrected chi connectivity index (χ4v) is 12.8. The van der Waals surface area contributed by atoms with Gasteiger partial charge in [0.15, 0.2) is 0 Å². The summed E-state index contributed by atoms with van der Waals surface area (Å²) in [7, 11) is -4.20. The Kier molecular flexibility index (Phi) is 19.3. The summed E-state index contributed by atoms with van der Waals surface area (Å²) in [4.78, 5) is 87.9. The van der Waals surface area contributed by atoms with Gasteiger partial charge in [0.05, 0.1) is 44.1 Å². The Balaban J connectivity index is 1.39. The Hall–Kier alpha value is -4.00. The molecule has 0 bridgehead atoms. The average molecular weight is 962 g/mol. The second kappa shape index (κ2) is 23.3. The summed E-state index contributed by atoms with van der Waals surface area (Å²) in [5, 5.41) is 77.1. The van der Waals surface area contributed by atoms with E-state index in [0.717, 1.165) is 29.1 Å². The van der Waals surface area contributed by atoms with Crippen LogP contribution in [0.4, 0.5) is 0 Å². The van der Waals surface area contributed by atoms with Gasteiger partial charge < -0.3 is 46.4 Å². The second-order valence-electron chi connectivity index (χ2n) is 19.7. The van der Waals surface area contributed by atoms with Crippen molar-refractivity contribution in [2.24, 2.45) is 46.3 Å². The molecule has 4 rings (SSSR count). The van der Waals surface area contributed by atoms with Gasteiger partial charge in [0.1, 0.15) is 6.04 Å². The number of amides is 2. The fraction of sp³-hybridized carbons (Fsp3) is 0.837. The molecular weight excluding hydrogens is 891 g/mol. The third-order valence-corrected chi connectivity index (χ3v) is 16.4. The zero-order valence-corrected chi connectivity index (χ0v) is 38.9. The molecule has 22 nitrogen and oxygen atoms in total. The van der Waals surface area contributed by atoms with E-state index in [4.69, 9.17) is 4.55 Å². The van der Waals surface area contributed by atoms with Gasteiger partial charge in [-0.2, -0.15) is 8.42 Å². The molecule has 4 aliphatic rings. The Bertz CT molecular complexity index is 1800. The fourth-order valence-electron chi connectivity index (χ4n) is 12.4. The molecule has 0 aromatic carbocycles. The Morgan fingerprint density at radius 1 is 0.712 bits per heavy atom. The highest BCUT2D eigenvalue weighted by Gasteiger charge is 2.65. The first kappa shape index (κ1) is 54.6. The number of nitrogens with one attached hydrogen (secondary N) is 2. The van der Waals surface area contributed by atoms with Crippen LogP contribution in [0.25, 0.3) is 0 Å². The normalized spacial score (nSPS) is 30.4. The lowest BCUT2D eigenvalue weighted by atomic mass is 9.43. The lowest BCUT2D eigenvalue weighted by Gasteiger charge is -2.63. The smallest absolute Gasteiger partial charge is 0.320 e. The molecule has 376 valence electrons. The number of aliphatic carboxylic acids is 5. The van der Waals surface area contributed by atoms with Crippen LogP contribution < -0.4 is 10.6 Å². The van der Waals surface area contributed by atoms with E-state index >= 15 is 0 Å². The van der Waals surface area contributed by atoms with E-state index in [1.165, 1.54) is 4.90 Å². The first-order chi connectivity index (χ1) is 30.7. The zero-order chi connectivity index (χ0) is 49.3. The number of rotatable bonds is 27. The number of hydrogen-bond donors (Lipinski definition) is 10. The quantitative estimate of drug-likeness (QED) is 0.0483. The van der Waals surface area contributed by atoms with Crippen LogP contribution in [0.2, 0.25) is 0 Å². The van der Waals surface area contributed by atoms with Gasteiger partial charge >= 0.3 is 29.8 Å². The van der Waals surface area contributed by atoms with Crippen LogP contribution in [-0.2, 0) is 43.7 Å². The molecule has 0 spiro atoms. The summed E-state index contributed by atoms with van der Waals surface area (Å²) in [6, 6.07) is -1.64. The van der Waals surface area contributed by atoms with Crippen molar-refractivity contribution < 1.29 is 82.3 Å². The minimum atomic E-state index is -4.20. The van der Waals surface area contributed by atoms with Crippen LogP contribution in [0, 0.1) is 46.3 Å². The summed E-state index contributed by atoms with van der Waals surface area (Å²) < 4.78 is 31.0. The number of carbonyl (C=O) groups excluding carboxylic acids is 2. The van der Waals surface area contributed by atoms with Crippen molar-refractivity contribution in [1.82, 2.24) is 25.3 Å². The van der Waals surface area contributed by atoms with E-state index in [9.17, 15) is 77.7 Å². The predicted molar refractivity (Wildman–Crippen MR) is 233 cm³/mol. The average Bonchev–Trinajstić information content (AvgIpc) is 3.55. The minimum Gasteiger partial charge on any atom is -0.480 e. The summed E-state index contributed by atoms with van der Waals surface area (Å²) in [5.41, 5.74) is -0.732. The second-order valence-corrected chi connectivity index (χ2v) is 21.3. The molecule has 2 amide bonds. The van der Waals surface area contributed by atoms with Crippen LogP contribution in [0.3, 0.4) is 0 Å². The molecule has 0 aromatic heterocycles. The highest BCUT2D eigenvalue weighted by atomic mass is 32.2. The van der Waals surface area contributed by atoms with E-state index in [1.807, 2.05) is 0 Å². The lowest BCUT2D eigenvalue weighted by Crippen LogP contribution is -2.63. The minimum absolute atomic E-state index is 0.0150. The maximum atomic E-state index is 13.5. The van der Waals surface area contributed by atoms with Crippen molar-refractivity contribution in [3.05, 3.63) is 0 Å². The SMILES string of the molecule is C[C@H](CCC(=O)NCCS(=O)(=O)O)[C@H]1CC[C@H]2[C@@H]3[C@H](O)C[C@@H]4C[C@@H](NC(=O)CC[C@@H](C(=O)O)N(CCN(CC(=O)O)CC(=O)O)CCN(CC(=O)O)CC(=O)O)CC[C@]4(C)[C@H]3C[C@H](O)[C@]12C. The number of aliphatic hydroxyl groups excluding tert-OH is 2. The summed E-state index contributed by atoms with van der Waals surface area (Å²) >= 11 is 0. The molecule has 0 radical (unpaired) electrons. The van der Waals surface area contributed by atoms with Crippen molar-refractivity contribution in [3.8, 4) is 0 Å². The number of nitrogens with zero attached hydrogens (tertiary/aromatic N) is 3. The van der Waals surface area contributed by atoms with Gasteiger partial charge in [0, 0.05) is 51.6 Å². The predicted octanol–water partition coefficient (Wildman–Crippen LogP) is -0.0302. The first-order valence-corrected chi connectivity index (χ1v) is 24.5. The van der Waals surface area contributed by atoms with Gasteiger partial charge in [0.25, 0.3) is 10.1 Å². The van der Waals surface area contributed by atoms with Crippen molar-refractivity contribution in [2.75, 3.05) is 64.7 Å². The van der Waals surface area contributed by atoms with Crippen LogP contribution in [0.1, 0.15) is 91.4 Å². The zero-order valence-electron chi connectivity index (χ0n) is 38.1. The highest BCUT2D eigenvalue weighted by molar-refractivity contribution is 7.85. The van der Waals surface area contributed by atoms with Gasteiger partial charge in [0.2, 0.25) is 11.8 Å². The number of fused-ring (bicyclic) bond motifs is 5. The summed E-state index contributed by atoms with van der Waals surface area (Å²) in [6.45, 7) is 2.72. The van der Waals surface area contributed by atoms with Crippen LogP contribution in [-0.4, -0.2) is 194 Å². The Labute approximate surface area is 385 Å². The maximum Gasteiger partial charge on any atom is 0.320 e. The van der Waals surface area contributed by atoms with Crippen molar-refractivity contribution in [1.29, 1.82) is 0 Å². The molecule has 10 N–H and O–H groups in total. The molecule has 4 aliphatic carbocycles.